The van der Waals surface area contributed by atoms with Crippen LogP contribution >= 0.6 is 23.4 Å². The smallest absolute Gasteiger partial charge is 0.111 e. The maximum absolute atomic E-state index is 5.92. The molecule has 110 valence electrons. The number of thioether (sulfide) groups is 1. The number of para-hydroxylation sites is 1. The molecule has 0 saturated carbocycles. The SMILES string of the molecule is CSCCCCCn1c(CCCl)nc2c(C)cccc21. The van der Waals surface area contributed by atoms with Gasteiger partial charge in [0.15, 0.2) is 0 Å². The quantitative estimate of drug-likeness (QED) is 0.521. The van der Waals surface area contributed by atoms with Gasteiger partial charge in [-0.1, -0.05) is 18.6 Å². The molecule has 0 saturated heterocycles. The molecule has 0 bridgehead atoms. The second kappa shape index (κ2) is 7.94. The topological polar surface area (TPSA) is 17.8 Å². The monoisotopic (exact) mass is 310 g/mol. The van der Waals surface area contributed by atoms with Crippen molar-refractivity contribution in [3.05, 3.63) is 29.6 Å². The third-order valence-corrected chi connectivity index (χ3v) is 4.49. The number of rotatable bonds is 8. The van der Waals surface area contributed by atoms with E-state index >= 15 is 0 Å². The first-order chi connectivity index (χ1) is 9.77. The summed E-state index contributed by atoms with van der Waals surface area (Å²) in [5, 5.41) is 0. The predicted octanol–water partition coefficient (Wildman–Crippen LogP) is 4.66. The van der Waals surface area contributed by atoms with Gasteiger partial charge in [0.05, 0.1) is 11.0 Å². The molecule has 0 aliphatic carbocycles. The van der Waals surface area contributed by atoms with Crippen molar-refractivity contribution >= 4 is 34.4 Å². The first-order valence-electron chi connectivity index (χ1n) is 7.27. The molecule has 0 amide bonds. The lowest BCUT2D eigenvalue weighted by molar-refractivity contribution is 0.596. The van der Waals surface area contributed by atoms with Gasteiger partial charge in [0, 0.05) is 18.8 Å². The Kier molecular flexibility index (Phi) is 6.24. The van der Waals surface area contributed by atoms with Crippen LogP contribution in [0.5, 0.6) is 0 Å². The molecular formula is C16H23ClN2S. The van der Waals surface area contributed by atoms with Crippen molar-refractivity contribution in [1.29, 1.82) is 0 Å². The average Bonchev–Trinajstić information content (AvgIpc) is 2.79. The molecule has 20 heavy (non-hydrogen) atoms. The Hall–Kier alpha value is -0.670. The summed E-state index contributed by atoms with van der Waals surface area (Å²) >= 11 is 7.85. The molecule has 0 radical (unpaired) electrons. The minimum absolute atomic E-state index is 0.634. The van der Waals surface area contributed by atoms with Crippen LogP contribution in [0.2, 0.25) is 0 Å². The number of hydrogen-bond acceptors (Lipinski definition) is 2. The number of unbranched alkanes of at least 4 members (excludes halogenated alkanes) is 2. The van der Waals surface area contributed by atoms with Gasteiger partial charge in [0.25, 0.3) is 0 Å². The van der Waals surface area contributed by atoms with Gasteiger partial charge in [-0.25, -0.2) is 4.98 Å². The Morgan fingerprint density at radius 2 is 2.10 bits per heavy atom. The van der Waals surface area contributed by atoms with Gasteiger partial charge in [0.2, 0.25) is 0 Å². The van der Waals surface area contributed by atoms with E-state index < -0.39 is 0 Å². The van der Waals surface area contributed by atoms with Crippen molar-refractivity contribution in [1.82, 2.24) is 9.55 Å². The van der Waals surface area contributed by atoms with E-state index in [4.69, 9.17) is 16.6 Å². The van der Waals surface area contributed by atoms with E-state index in [2.05, 4.69) is 35.9 Å². The zero-order valence-corrected chi connectivity index (χ0v) is 13.9. The fourth-order valence-electron chi connectivity index (χ4n) is 2.55. The molecule has 2 nitrogen and oxygen atoms in total. The second-order valence-electron chi connectivity index (χ2n) is 5.11. The van der Waals surface area contributed by atoms with Gasteiger partial charge in [-0.3, -0.25) is 0 Å². The minimum atomic E-state index is 0.634. The van der Waals surface area contributed by atoms with Crippen molar-refractivity contribution < 1.29 is 0 Å². The summed E-state index contributed by atoms with van der Waals surface area (Å²) in [4.78, 5) is 4.79. The summed E-state index contributed by atoms with van der Waals surface area (Å²) in [6.45, 7) is 3.18. The third-order valence-electron chi connectivity index (χ3n) is 3.61. The molecule has 2 rings (SSSR count). The number of alkyl halides is 1. The molecule has 4 heteroatoms. The van der Waals surface area contributed by atoms with Gasteiger partial charge in [0.1, 0.15) is 5.82 Å². The van der Waals surface area contributed by atoms with E-state index in [9.17, 15) is 0 Å². The summed E-state index contributed by atoms with van der Waals surface area (Å²) < 4.78 is 2.36. The van der Waals surface area contributed by atoms with Crippen molar-refractivity contribution in [2.45, 2.75) is 39.2 Å². The first kappa shape index (κ1) is 15.7. The zero-order chi connectivity index (χ0) is 14.4. The summed E-state index contributed by atoms with van der Waals surface area (Å²) in [7, 11) is 0. The van der Waals surface area contributed by atoms with E-state index in [-0.39, 0.29) is 0 Å². The van der Waals surface area contributed by atoms with Crippen molar-refractivity contribution in [2.75, 3.05) is 17.9 Å². The van der Waals surface area contributed by atoms with Crippen LogP contribution < -0.4 is 0 Å². The van der Waals surface area contributed by atoms with Crippen LogP contribution in [0.3, 0.4) is 0 Å². The Labute approximate surface area is 130 Å². The normalized spacial score (nSPS) is 11.3. The second-order valence-corrected chi connectivity index (χ2v) is 6.48. The molecule has 1 heterocycles. The van der Waals surface area contributed by atoms with Gasteiger partial charge >= 0.3 is 0 Å². The molecule has 0 N–H and O–H groups in total. The van der Waals surface area contributed by atoms with Gasteiger partial charge in [-0.05, 0) is 43.4 Å². The Morgan fingerprint density at radius 3 is 2.85 bits per heavy atom. The molecule has 1 aromatic heterocycles. The van der Waals surface area contributed by atoms with Crippen molar-refractivity contribution in [3.63, 3.8) is 0 Å². The van der Waals surface area contributed by atoms with Gasteiger partial charge in [-0.15, -0.1) is 11.6 Å². The number of benzene rings is 1. The summed E-state index contributed by atoms with van der Waals surface area (Å²) in [5.41, 5.74) is 3.64. The first-order valence-corrected chi connectivity index (χ1v) is 9.20. The fraction of sp³-hybridized carbons (Fsp3) is 0.562. The minimum Gasteiger partial charge on any atom is -0.328 e. The number of aromatic nitrogens is 2. The van der Waals surface area contributed by atoms with E-state index in [0.717, 1.165) is 24.3 Å². The van der Waals surface area contributed by atoms with E-state index in [1.165, 1.54) is 36.1 Å². The summed E-state index contributed by atoms with van der Waals surface area (Å²) in [6, 6.07) is 6.42. The average molecular weight is 311 g/mol. The highest BCUT2D eigenvalue weighted by Gasteiger charge is 2.11. The number of nitrogens with zero attached hydrogens (tertiary/aromatic N) is 2. The summed E-state index contributed by atoms with van der Waals surface area (Å²) in [5.74, 6) is 3.03. The van der Waals surface area contributed by atoms with E-state index in [0.29, 0.717) is 5.88 Å². The standard InChI is InChI=1S/C16H23ClN2S/c1-13-7-6-8-14-16(13)18-15(9-10-17)19(14)11-4-3-5-12-20-2/h6-8H,3-5,9-12H2,1-2H3. The molecule has 0 aliphatic heterocycles. The number of halogens is 1. The van der Waals surface area contributed by atoms with Crippen LogP contribution in [0.15, 0.2) is 18.2 Å². The van der Waals surface area contributed by atoms with Gasteiger partial charge < -0.3 is 4.57 Å². The zero-order valence-electron chi connectivity index (χ0n) is 12.4. The lowest BCUT2D eigenvalue weighted by Gasteiger charge is -2.08. The molecular weight excluding hydrogens is 288 g/mol. The lowest BCUT2D eigenvalue weighted by Crippen LogP contribution is -2.05. The highest BCUT2D eigenvalue weighted by molar-refractivity contribution is 7.98. The van der Waals surface area contributed by atoms with E-state index in [1.54, 1.807) is 0 Å². The Balaban J connectivity index is 2.16. The van der Waals surface area contributed by atoms with Crippen LogP contribution in [0.25, 0.3) is 11.0 Å². The molecule has 0 atom stereocenters. The predicted molar refractivity (Wildman–Crippen MR) is 91.1 cm³/mol. The number of hydrogen-bond donors (Lipinski definition) is 0. The highest BCUT2D eigenvalue weighted by atomic mass is 35.5. The van der Waals surface area contributed by atoms with Crippen molar-refractivity contribution in [2.24, 2.45) is 0 Å². The maximum atomic E-state index is 5.92. The van der Waals surface area contributed by atoms with Crippen LogP contribution in [0.1, 0.15) is 30.7 Å². The fourth-order valence-corrected chi connectivity index (χ4v) is 3.21. The summed E-state index contributed by atoms with van der Waals surface area (Å²) in [6.07, 6.45) is 6.82. The molecule has 0 fully saturated rings. The highest BCUT2D eigenvalue weighted by Crippen LogP contribution is 2.21. The molecule has 1 aromatic carbocycles. The van der Waals surface area contributed by atoms with Crippen LogP contribution in [-0.4, -0.2) is 27.4 Å². The van der Waals surface area contributed by atoms with Crippen LogP contribution in [0, 0.1) is 6.92 Å². The Morgan fingerprint density at radius 1 is 1.25 bits per heavy atom. The number of imidazole rings is 1. The van der Waals surface area contributed by atoms with Gasteiger partial charge in [-0.2, -0.15) is 11.8 Å². The number of aryl methyl sites for hydroxylation is 3. The largest absolute Gasteiger partial charge is 0.328 e. The van der Waals surface area contributed by atoms with E-state index in [1.807, 2.05) is 11.8 Å². The lowest BCUT2D eigenvalue weighted by atomic mass is 10.2. The van der Waals surface area contributed by atoms with Crippen molar-refractivity contribution in [3.8, 4) is 0 Å². The Bertz CT molecular complexity index is 551. The maximum Gasteiger partial charge on any atom is 0.111 e. The third kappa shape index (κ3) is 3.70. The molecule has 2 aromatic rings. The van der Waals surface area contributed by atoms with Crippen LogP contribution in [0.4, 0.5) is 0 Å². The molecule has 0 spiro atoms. The molecule has 0 unspecified atom stereocenters. The number of fused-ring (bicyclic) bond motifs is 1. The van der Waals surface area contributed by atoms with Crippen LogP contribution in [-0.2, 0) is 13.0 Å². The molecule has 0 aliphatic rings.